The van der Waals surface area contributed by atoms with Crippen LogP contribution < -0.4 is 0 Å². The van der Waals surface area contributed by atoms with Crippen LogP contribution in [0.1, 0.15) is 85.8 Å². The molecule has 2 bridgehead atoms. The number of benzene rings is 1. The van der Waals surface area contributed by atoms with Crippen molar-refractivity contribution in [2.24, 2.45) is 28.7 Å². The first-order chi connectivity index (χ1) is 25.0. The van der Waals surface area contributed by atoms with Crippen LogP contribution in [-0.2, 0) is 39.8 Å². The van der Waals surface area contributed by atoms with Gasteiger partial charge in [-0.1, -0.05) is 45.7 Å². The van der Waals surface area contributed by atoms with E-state index in [1.165, 1.54) is 6.92 Å². The number of carbonyl (C=O) groups excluding carboxylic acids is 3. The quantitative estimate of drug-likeness (QED) is 0.240. The number of nitrogens with zero attached hydrogens (tertiary/aromatic N) is 3. The lowest BCUT2D eigenvalue weighted by atomic mass is 9.73. The van der Waals surface area contributed by atoms with Gasteiger partial charge in [0, 0.05) is 49.4 Å². The van der Waals surface area contributed by atoms with Crippen LogP contribution >= 0.6 is 0 Å². The normalized spacial score (nSPS) is 39.8. The number of ether oxygens (including phenoxy) is 5. The van der Waals surface area contributed by atoms with Crippen molar-refractivity contribution in [2.75, 3.05) is 27.2 Å². The second-order valence-electron chi connectivity index (χ2n) is 16.1. The van der Waals surface area contributed by atoms with E-state index in [4.69, 9.17) is 35.1 Å². The summed E-state index contributed by atoms with van der Waals surface area (Å²) in [7, 11) is 3.53. The van der Waals surface area contributed by atoms with Gasteiger partial charge in [0.1, 0.15) is 18.1 Å². The second kappa shape index (κ2) is 16.2. The number of aliphatic imine (C=N–C) groups is 1. The second-order valence-corrected chi connectivity index (χ2v) is 16.1. The van der Waals surface area contributed by atoms with Gasteiger partial charge in [-0.25, -0.2) is 4.79 Å². The molecule has 1 N–H and O–H groups in total. The Balaban J connectivity index is 1.50. The molecule has 0 saturated carbocycles. The van der Waals surface area contributed by atoms with Crippen LogP contribution in [0.2, 0.25) is 0 Å². The molecule has 0 aromatic heterocycles. The zero-order chi connectivity index (χ0) is 39.0. The molecule has 0 unspecified atom stereocenters. The van der Waals surface area contributed by atoms with E-state index in [9.17, 15) is 19.5 Å². The van der Waals surface area contributed by atoms with E-state index < -0.39 is 71.5 Å². The molecular weight excluding hydrogens is 678 g/mol. The molecule has 1 aromatic carbocycles. The van der Waals surface area contributed by atoms with Gasteiger partial charge in [-0.05, 0) is 77.6 Å². The summed E-state index contributed by atoms with van der Waals surface area (Å²) in [5.41, 5.74) is 0.441. The molecule has 12 nitrogen and oxygen atoms in total. The molecule has 1 aromatic rings. The number of likely N-dealkylation sites (N-methyl/N-ethyl adjacent to an activating group) is 1. The Morgan fingerprint density at radius 2 is 1.77 bits per heavy atom. The number of ketones is 1. The smallest absolute Gasteiger partial charge is 0.410 e. The van der Waals surface area contributed by atoms with Crippen molar-refractivity contribution in [3.63, 3.8) is 0 Å². The first kappa shape index (κ1) is 40.8. The highest BCUT2D eigenvalue weighted by atomic mass is 16.7. The number of Topliss-reactive ketones (excluding diaryl/α,β-unsaturated/α-hetero) is 1. The Kier molecular flexibility index (Phi) is 12.5. The van der Waals surface area contributed by atoms with E-state index in [2.05, 4.69) is 17.7 Å². The molecule has 53 heavy (non-hydrogen) atoms. The fourth-order valence-electron chi connectivity index (χ4n) is 9.34. The molecule has 0 spiro atoms. The molecule has 5 rings (SSSR count). The number of terminal acetylenes is 1. The van der Waals surface area contributed by atoms with E-state index >= 15 is 0 Å². The number of aliphatic hydroxyl groups excluding tert-OH is 1. The van der Waals surface area contributed by atoms with Crippen molar-refractivity contribution in [3.8, 4) is 12.3 Å². The standard InChI is InChI=1S/C41H59N3O9/c1-12-28-14-16-29(17-15-28)22-43(10)30-20-24(4)50-38(34(30)46)52-36-26(6)33(45)27(7)37(47)51-31(13-2)41(9)35-25(5)32(23(3)21-40(36,8)49-11)42-18-19-44(35)39(48)53-41/h1,14-17,23-27,30-31,34-36,38,46H,13,18-22H2,2-11H3/t23-,24-,25+,26+,27-,30+,31-,34+,35-,36-,38+,40-,41-/m1/s1. The highest BCUT2D eigenvalue weighted by molar-refractivity contribution is 6.00. The topological polar surface area (TPSA) is 136 Å². The van der Waals surface area contributed by atoms with Gasteiger partial charge in [0.2, 0.25) is 0 Å². The van der Waals surface area contributed by atoms with Gasteiger partial charge >= 0.3 is 12.1 Å². The number of amides is 1. The number of fused-ring (bicyclic) bond motifs is 1. The number of aliphatic hydroxyl groups is 1. The number of rotatable bonds is 7. The molecule has 0 aliphatic carbocycles. The zero-order valence-corrected chi connectivity index (χ0v) is 33.0. The number of cyclic esters (lactones) is 1. The minimum Gasteiger partial charge on any atom is -0.458 e. The maximum absolute atomic E-state index is 14.3. The number of esters is 1. The van der Waals surface area contributed by atoms with Gasteiger partial charge in [-0.2, -0.15) is 0 Å². The summed E-state index contributed by atoms with van der Waals surface area (Å²) >= 11 is 0. The van der Waals surface area contributed by atoms with E-state index in [0.717, 1.165) is 16.8 Å². The maximum Gasteiger partial charge on any atom is 0.410 e. The van der Waals surface area contributed by atoms with E-state index in [1.807, 2.05) is 65.9 Å². The minimum atomic E-state index is -1.17. The predicted molar refractivity (Wildman–Crippen MR) is 199 cm³/mol. The molecule has 4 aliphatic rings. The maximum atomic E-state index is 14.3. The van der Waals surface area contributed by atoms with Gasteiger partial charge in [-0.15, -0.1) is 6.42 Å². The van der Waals surface area contributed by atoms with Crippen LogP contribution in [0.3, 0.4) is 0 Å². The first-order valence-electron chi connectivity index (χ1n) is 19.1. The van der Waals surface area contributed by atoms with Crippen LogP contribution in [-0.4, -0.2) is 120 Å². The number of hydrogen-bond donors (Lipinski definition) is 1. The van der Waals surface area contributed by atoms with Crippen molar-refractivity contribution in [1.82, 2.24) is 9.80 Å². The molecule has 13 atom stereocenters. The number of hydrogen-bond acceptors (Lipinski definition) is 11. The Hall–Kier alpha value is -3.34. The van der Waals surface area contributed by atoms with E-state index in [1.54, 1.807) is 18.9 Å². The van der Waals surface area contributed by atoms with Crippen LogP contribution in [0.4, 0.5) is 4.79 Å². The van der Waals surface area contributed by atoms with Crippen molar-refractivity contribution in [3.05, 3.63) is 35.4 Å². The van der Waals surface area contributed by atoms with Crippen molar-refractivity contribution in [2.45, 2.75) is 135 Å². The molecule has 4 heterocycles. The molecule has 3 fully saturated rings. The van der Waals surface area contributed by atoms with Gasteiger partial charge in [0.25, 0.3) is 0 Å². The van der Waals surface area contributed by atoms with Crippen LogP contribution in [0.25, 0.3) is 0 Å². The van der Waals surface area contributed by atoms with Gasteiger partial charge in [0.05, 0.1) is 30.4 Å². The van der Waals surface area contributed by atoms with Gasteiger partial charge in [0.15, 0.2) is 17.7 Å². The molecular formula is C41H59N3O9. The summed E-state index contributed by atoms with van der Waals surface area (Å²) < 4.78 is 31.6. The molecule has 3 saturated heterocycles. The molecule has 4 aliphatic heterocycles. The SMILES string of the molecule is C#Cc1ccc(CN(C)[C@H]2C[C@@H](C)O[C@@H](O[C@@H]3[C@@H](C)C(=O)[C@@H](C)C(=O)O[C@H](CC)[C@@]4(C)OC(=O)N5CCN=C([C@H](C)C[C@@]3(C)OC)[C@H](C)[C@@H]54)[C@H]2O)cc1. The first-order valence-corrected chi connectivity index (χ1v) is 19.1. The fourth-order valence-corrected chi connectivity index (χ4v) is 9.34. The lowest BCUT2D eigenvalue weighted by Gasteiger charge is -2.47. The Labute approximate surface area is 314 Å². The summed E-state index contributed by atoms with van der Waals surface area (Å²) in [5, 5.41) is 11.9. The molecule has 12 heteroatoms. The number of methoxy groups -OCH3 is 1. The highest BCUT2D eigenvalue weighted by Crippen LogP contribution is 2.44. The third-order valence-corrected chi connectivity index (χ3v) is 12.3. The lowest BCUT2D eigenvalue weighted by molar-refractivity contribution is -0.296. The summed E-state index contributed by atoms with van der Waals surface area (Å²) in [5.74, 6) is -0.940. The van der Waals surface area contributed by atoms with Crippen molar-refractivity contribution in [1.29, 1.82) is 0 Å². The Morgan fingerprint density at radius 1 is 1.09 bits per heavy atom. The largest absolute Gasteiger partial charge is 0.458 e. The average Bonchev–Trinajstić information content (AvgIpc) is 3.25. The third kappa shape index (κ3) is 7.92. The molecule has 1 amide bonds. The summed E-state index contributed by atoms with van der Waals surface area (Å²) in [6.07, 6.45) is 2.20. The van der Waals surface area contributed by atoms with Crippen LogP contribution in [0.5, 0.6) is 0 Å². The monoisotopic (exact) mass is 737 g/mol. The Bertz CT molecular complexity index is 1580. The minimum absolute atomic E-state index is 0.179. The van der Waals surface area contributed by atoms with E-state index in [-0.39, 0.29) is 24.0 Å². The summed E-state index contributed by atoms with van der Waals surface area (Å²) in [6.45, 7) is 16.2. The molecule has 0 radical (unpaired) electrons. The molecule has 292 valence electrons. The fraction of sp³-hybridized carbons (Fsp3) is 0.707. The zero-order valence-electron chi connectivity index (χ0n) is 33.0. The lowest BCUT2D eigenvalue weighted by Crippen LogP contribution is -2.60. The number of carbonyl (C=O) groups is 3. The van der Waals surface area contributed by atoms with E-state index in [0.29, 0.717) is 38.9 Å². The predicted octanol–water partition coefficient (Wildman–Crippen LogP) is 4.63. The Morgan fingerprint density at radius 3 is 2.40 bits per heavy atom. The summed E-state index contributed by atoms with van der Waals surface area (Å²) in [6, 6.07) is 6.96. The average molecular weight is 738 g/mol. The van der Waals surface area contributed by atoms with Gasteiger partial charge < -0.3 is 28.8 Å². The van der Waals surface area contributed by atoms with Crippen molar-refractivity contribution < 1.29 is 43.2 Å². The third-order valence-electron chi connectivity index (χ3n) is 12.3. The van der Waals surface area contributed by atoms with Gasteiger partial charge in [-0.3, -0.25) is 24.4 Å². The van der Waals surface area contributed by atoms with Crippen molar-refractivity contribution >= 4 is 23.6 Å². The highest BCUT2D eigenvalue weighted by Gasteiger charge is 2.60. The summed E-state index contributed by atoms with van der Waals surface area (Å²) in [4.78, 5) is 50.3. The van der Waals surface area contributed by atoms with Crippen LogP contribution in [0, 0.1) is 36.0 Å². The van der Waals surface area contributed by atoms with Crippen LogP contribution in [0.15, 0.2) is 29.3 Å².